The Bertz CT molecular complexity index is 1150. The van der Waals surface area contributed by atoms with E-state index in [4.69, 9.17) is 4.42 Å². The number of sulfonamides is 1. The summed E-state index contributed by atoms with van der Waals surface area (Å²) in [5.74, 6) is 3.07. The average molecular weight is 486 g/mol. The van der Waals surface area contributed by atoms with Gasteiger partial charge in [0.15, 0.2) is 0 Å². The zero-order chi connectivity index (χ0) is 23.9. The second-order valence-electron chi connectivity index (χ2n) is 10.2. The zero-order valence-corrected chi connectivity index (χ0v) is 20.9. The normalized spacial score (nSPS) is 23.3. The number of piperidine rings is 1. The van der Waals surface area contributed by atoms with E-state index in [1.807, 2.05) is 13.0 Å². The van der Waals surface area contributed by atoms with Crippen molar-refractivity contribution in [2.24, 2.45) is 5.92 Å². The van der Waals surface area contributed by atoms with Gasteiger partial charge in [0, 0.05) is 30.7 Å². The molecule has 184 valence electrons. The molecule has 0 spiro atoms. The molecule has 5 rings (SSSR count). The Hall–Kier alpha value is -2.16. The van der Waals surface area contributed by atoms with Crippen LogP contribution in [-0.2, 0) is 21.4 Å². The lowest BCUT2D eigenvalue weighted by atomic mass is 10.2. The van der Waals surface area contributed by atoms with Crippen molar-refractivity contribution in [2.75, 3.05) is 25.0 Å². The van der Waals surface area contributed by atoms with Crippen molar-refractivity contribution >= 4 is 21.6 Å². The molecule has 2 heterocycles. The molecule has 7 nitrogen and oxygen atoms in total. The zero-order valence-electron chi connectivity index (χ0n) is 20.1. The van der Waals surface area contributed by atoms with Crippen LogP contribution in [0.2, 0.25) is 0 Å². The van der Waals surface area contributed by atoms with Crippen LogP contribution in [0.25, 0.3) is 0 Å². The number of carbonyl (C=O) groups is 1. The number of nitrogens with zero attached hydrogens (tertiary/aromatic N) is 2. The minimum atomic E-state index is -3.55. The number of benzene rings is 1. The lowest BCUT2D eigenvalue weighted by molar-refractivity contribution is -0.117. The van der Waals surface area contributed by atoms with Crippen molar-refractivity contribution in [2.45, 2.75) is 75.8 Å². The molecular formula is C26H35N3O4S. The number of furan rings is 1. The van der Waals surface area contributed by atoms with Crippen molar-refractivity contribution < 1.29 is 17.6 Å². The maximum atomic E-state index is 13.1. The minimum Gasteiger partial charge on any atom is -0.464 e. The highest BCUT2D eigenvalue weighted by Gasteiger charge is 2.37. The van der Waals surface area contributed by atoms with Crippen LogP contribution in [0.4, 0.5) is 5.69 Å². The molecule has 1 aromatic carbocycles. The molecule has 1 amide bonds. The molecule has 8 heteroatoms. The van der Waals surface area contributed by atoms with Crippen LogP contribution in [0.1, 0.15) is 68.5 Å². The van der Waals surface area contributed by atoms with E-state index in [0.717, 1.165) is 49.2 Å². The highest BCUT2D eigenvalue weighted by Crippen LogP contribution is 2.47. The van der Waals surface area contributed by atoms with Gasteiger partial charge in [-0.05, 0) is 74.8 Å². The Kier molecular flexibility index (Phi) is 6.57. The van der Waals surface area contributed by atoms with Gasteiger partial charge in [-0.1, -0.05) is 19.4 Å². The van der Waals surface area contributed by atoms with Gasteiger partial charge >= 0.3 is 0 Å². The molecule has 34 heavy (non-hydrogen) atoms. The Morgan fingerprint density at radius 1 is 1.15 bits per heavy atom. The number of aryl methyl sites for hydroxylation is 1. The van der Waals surface area contributed by atoms with E-state index in [1.54, 1.807) is 22.5 Å². The van der Waals surface area contributed by atoms with Crippen molar-refractivity contribution in [1.82, 2.24) is 9.21 Å². The molecular weight excluding hydrogens is 450 g/mol. The fraction of sp³-hybridized carbons (Fsp3) is 0.577. The van der Waals surface area contributed by atoms with Gasteiger partial charge < -0.3 is 9.73 Å². The van der Waals surface area contributed by atoms with E-state index in [2.05, 4.69) is 23.2 Å². The Balaban J connectivity index is 1.25. The number of amides is 1. The van der Waals surface area contributed by atoms with Crippen LogP contribution >= 0.6 is 0 Å². The molecule has 2 aromatic rings. The van der Waals surface area contributed by atoms with E-state index < -0.39 is 10.0 Å². The lowest BCUT2D eigenvalue weighted by Gasteiger charge is -2.26. The Labute approximate surface area is 202 Å². The number of anilines is 1. The molecule has 1 saturated heterocycles. The van der Waals surface area contributed by atoms with Gasteiger partial charge in [0.05, 0.1) is 18.0 Å². The van der Waals surface area contributed by atoms with Crippen LogP contribution in [0.15, 0.2) is 39.6 Å². The summed E-state index contributed by atoms with van der Waals surface area (Å²) in [7, 11) is -3.55. The largest absolute Gasteiger partial charge is 0.464 e. The van der Waals surface area contributed by atoms with E-state index in [-0.39, 0.29) is 17.3 Å². The first-order valence-corrected chi connectivity index (χ1v) is 14.0. The topological polar surface area (TPSA) is 82.9 Å². The summed E-state index contributed by atoms with van der Waals surface area (Å²) in [5, 5.41) is 2.97. The SMILES string of the molecule is Cc1ccc(S(=O)(=O)N2CCCCC2)cc1NC(=O)CN(Cc1ccc(C2CC2C)o1)C1CC1. The highest BCUT2D eigenvalue weighted by molar-refractivity contribution is 7.89. The highest BCUT2D eigenvalue weighted by atomic mass is 32.2. The predicted octanol–water partition coefficient (Wildman–Crippen LogP) is 4.49. The van der Waals surface area contributed by atoms with Crippen LogP contribution in [-0.4, -0.2) is 49.2 Å². The first-order chi connectivity index (χ1) is 16.3. The second-order valence-corrected chi connectivity index (χ2v) is 12.2. The van der Waals surface area contributed by atoms with Crippen molar-refractivity contribution in [3.8, 4) is 0 Å². The molecule has 2 saturated carbocycles. The molecule has 1 N–H and O–H groups in total. The van der Waals surface area contributed by atoms with Crippen molar-refractivity contribution in [3.05, 3.63) is 47.4 Å². The van der Waals surface area contributed by atoms with Crippen LogP contribution < -0.4 is 5.32 Å². The second kappa shape index (κ2) is 9.47. The standard InChI is InChI=1S/C26H35N3O4S/c1-18-6-10-22(34(31,32)29-12-4-3-5-13-29)15-24(18)27-26(30)17-28(20-7-8-20)16-21-9-11-25(33-21)23-14-19(23)2/h6,9-11,15,19-20,23H,3-5,7-8,12-14,16-17H2,1-2H3,(H,27,30). The van der Waals surface area contributed by atoms with Crippen molar-refractivity contribution in [1.29, 1.82) is 0 Å². The van der Waals surface area contributed by atoms with Gasteiger partial charge in [-0.25, -0.2) is 8.42 Å². The first-order valence-electron chi connectivity index (χ1n) is 12.5. The lowest BCUT2D eigenvalue weighted by Crippen LogP contribution is -2.36. The van der Waals surface area contributed by atoms with Gasteiger partial charge in [0.25, 0.3) is 0 Å². The van der Waals surface area contributed by atoms with Crippen LogP contribution in [0.3, 0.4) is 0 Å². The number of nitrogens with one attached hydrogen (secondary N) is 1. The third kappa shape index (κ3) is 5.24. The van der Waals surface area contributed by atoms with Crippen LogP contribution in [0.5, 0.6) is 0 Å². The molecule has 2 atom stereocenters. The molecule has 1 aromatic heterocycles. The van der Waals surface area contributed by atoms with Gasteiger partial charge in [-0.3, -0.25) is 9.69 Å². The number of hydrogen-bond acceptors (Lipinski definition) is 5. The summed E-state index contributed by atoms with van der Waals surface area (Å²) in [6, 6.07) is 9.52. The van der Waals surface area contributed by atoms with Crippen molar-refractivity contribution in [3.63, 3.8) is 0 Å². The molecule has 0 radical (unpaired) electrons. The van der Waals surface area contributed by atoms with E-state index in [1.165, 1.54) is 6.42 Å². The number of rotatable bonds is 9. The fourth-order valence-electron chi connectivity index (χ4n) is 4.88. The van der Waals surface area contributed by atoms with Gasteiger partial charge in [0.1, 0.15) is 11.5 Å². The smallest absolute Gasteiger partial charge is 0.243 e. The fourth-order valence-corrected chi connectivity index (χ4v) is 6.42. The minimum absolute atomic E-state index is 0.134. The van der Waals surface area contributed by atoms with E-state index >= 15 is 0 Å². The monoisotopic (exact) mass is 485 g/mol. The molecule has 2 unspecified atom stereocenters. The number of carbonyl (C=O) groups excluding carboxylic acids is 1. The summed E-state index contributed by atoms with van der Waals surface area (Å²) < 4.78 is 33.8. The molecule has 2 aliphatic carbocycles. The average Bonchev–Trinajstić information content (AvgIpc) is 3.74. The van der Waals surface area contributed by atoms with Gasteiger partial charge in [-0.15, -0.1) is 0 Å². The summed E-state index contributed by atoms with van der Waals surface area (Å²) >= 11 is 0. The number of hydrogen-bond donors (Lipinski definition) is 1. The molecule has 0 bridgehead atoms. The summed E-state index contributed by atoms with van der Waals surface area (Å²) in [6.45, 7) is 6.10. The maximum Gasteiger partial charge on any atom is 0.243 e. The van der Waals surface area contributed by atoms with Gasteiger partial charge in [0.2, 0.25) is 15.9 Å². The van der Waals surface area contributed by atoms with Crippen LogP contribution in [0, 0.1) is 12.8 Å². The molecule has 3 aliphatic rings. The Morgan fingerprint density at radius 3 is 2.56 bits per heavy atom. The molecule has 1 aliphatic heterocycles. The quantitative estimate of drug-likeness (QED) is 0.566. The van der Waals surface area contributed by atoms with E-state index in [0.29, 0.717) is 43.2 Å². The van der Waals surface area contributed by atoms with E-state index in [9.17, 15) is 13.2 Å². The van der Waals surface area contributed by atoms with Gasteiger partial charge in [-0.2, -0.15) is 4.31 Å². The third-order valence-corrected chi connectivity index (χ3v) is 9.26. The predicted molar refractivity (Wildman–Crippen MR) is 131 cm³/mol. The summed E-state index contributed by atoms with van der Waals surface area (Å²) in [5.41, 5.74) is 1.40. The molecule has 3 fully saturated rings. The summed E-state index contributed by atoms with van der Waals surface area (Å²) in [4.78, 5) is 15.4. The maximum absolute atomic E-state index is 13.1. The third-order valence-electron chi connectivity index (χ3n) is 7.36. The summed E-state index contributed by atoms with van der Waals surface area (Å²) in [6.07, 6.45) is 6.21. The Morgan fingerprint density at radius 2 is 1.88 bits per heavy atom. The first kappa shape index (κ1) is 23.6.